The van der Waals surface area contributed by atoms with Crippen LogP contribution in [0.15, 0.2) is 47.6 Å². The summed E-state index contributed by atoms with van der Waals surface area (Å²) >= 11 is 13.3. The first-order valence-electron chi connectivity index (χ1n) is 10.4. The number of nitrogens with one attached hydrogen (secondary N) is 1. The van der Waals surface area contributed by atoms with Gasteiger partial charge < -0.3 is 14.6 Å². The standard InChI is InChI=1S/C23H26Cl2N4O2S/c1-5-29-22(15(4)31-18-9-6-16(7-10-18)14(2)3)27-28-23(29)32-13-21(30)26-20-11-8-17(24)12-19(20)25/h6-12,14-15H,5,13H2,1-4H3,(H,26,30). The summed E-state index contributed by atoms with van der Waals surface area (Å²) in [6.45, 7) is 8.93. The molecule has 0 spiro atoms. The minimum atomic E-state index is -0.289. The second kappa shape index (κ2) is 11.1. The van der Waals surface area contributed by atoms with Gasteiger partial charge >= 0.3 is 0 Å². The predicted octanol–water partition coefficient (Wildman–Crippen LogP) is 6.60. The molecule has 0 aliphatic rings. The zero-order valence-corrected chi connectivity index (χ0v) is 20.8. The fraction of sp³-hybridized carbons (Fsp3) is 0.348. The molecule has 6 nitrogen and oxygen atoms in total. The van der Waals surface area contributed by atoms with Crippen molar-refractivity contribution in [3.05, 3.63) is 63.9 Å². The van der Waals surface area contributed by atoms with Gasteiger partial charge in [0.2, 0.25) is 5.91 Å². The van der Waals surface area contributed by atoms with E-state index in [2.05, 4.69) is 41.5 Å². The number of carbonyl (C=O) groups excluding carboxylic acids is 1. The fourth-order valence-electron chi connectivity index (χ4n) is 3.10. The molecule has 0 saturated carbocycles. The molecule has 170 valence electrons. The van der Waals surface area contributed by atoms with Gasteiger partial charge in [0, 0.05) is 11.6 Å². The average Bonchev–Trinajstić information content (AvgIpc) is 3.17. The maximum absolute atomic E-state index is 12.4. The van der Waals surface area contributed by atoms with Gasteiger partial charge in [0.1, 0.15) is 5.75 Å². The molecule has 1 aromatic heterocycles. The lowest BCUT2D eigenvalue weighted by atomic mass is 10.0. The molecule has 1 atom stereocenters. The first-order valence-corrected chi connectivity index (χ1v) is 12.1. The molecule has 1 heterocycles. The Morgan fingerprint density at radius 2 is 1.84 bits per heavy atom. The Morgan fingerprint density at radius 1 is 1.12 bits per heavy atom. The highest BCUT2D eigenvalue weighted by Crippen LogP contribution is 2.28. The van der Waals surface area contributed by atoms with E-state index in [0.717, 1.165) is 5.75 Å². The molecule has 0 aliphatic carbocycles. The van der Waals surface area contributed by atoms with Gasteiger partial charge in [-0.05, 0) is 55.7 Å². The van der Waals surface area contributed by atoms with Crippen LogP contribution in [0.25, 0.3) is 0 Å². The number of thioether (sulfide) groups is 1. The van der Waals surface area contributed by atoms with Gasteiger partial charge in [0.25, 0.3) is 0 Å². The molecular weight excluding hydrogens is 467 g/mol. The Morgan fingerprint density at radius 3 is 2.47 bits per heavy atom. The van der Waals surface area contributed by atoms with Crippen LogP contribution < -0.4 is 10.1 Å². The topological polar surface area (TPSA) is 69.0 Å². The molecular formula is C23H26Cl2N4O2S. The van der Waals surface area contributed by atoms with E-state index in [4.69, 9.17) is 27.9 Å². The zero-order chi connectivity index (χ0) is 23.3. The zero-order valence-electron chi connectivity index (χ0n) is 18.4. The molecule has 32 heavy (non-hydrogen) atoms. The first kappa shape index (κ1) is 24.4. The molecule has 0 saturated heterocycles. The van der Waals surface area contributed by atoms with Gasteiger partial charge in [0.05, 0.1) is 16.5 Å². The summed E-state index contributed by atoms with van der Waals surface area (Å²) in [5, 5.41) is 12.9. The number of amides is 1. The summed E-state index contributed by atoms with van der Waals surface area (Å²) in [7, 11) is 0. The monoisotopic (exact) mass is 492 g/mol. The largest absolute Gasteiger partial charge is 0.483 e. The number of carbonyl (C=O) groups is 1. The van der Waals surface area contributed by atoms with E-state index < -0.39 is 0 Å². The quantitative estimate of drug-likeness (QED) is 0.340. The normalized spacial score (nSPS) is 12.1. The number of benzene rings is 2. The number of nitrogens with zero attached hydrogens (tertiary/aromatic N) is 3. The molecule has 0 fully saturated rings. The number of aromatic nitrogens is 3. The molecule has 3 aromatic rings. The van der Waals surface area contributed by atoms with Crippen LogP contribution in [0.3, 0.4) is 0 Å². The minimum Gasteiger partial charge on any atom is -0.483 e. The molecule has 0 bridgehead atoms. The fourth-order valence-corrected chi connectivity index (χ4v) is 4.37. The second-order valence-corrected chi connectivity index (χ2v) is 9.32. The van der Waals surface area contributed by atoms with Crippen molar-refractivity contribution in [2.75, 3.05) is 11.1 Å². The molecule has 0 radical (unpaired) electrons. The van der Waals surface area contributed by atoms with Crippen LogP contribution in [0.1, 0.15) is 51.1 Å². The van der Waals surface area contributed by atoms with E-state index in [1.165, 1.54) is 17.3 Å². The van der Waals surface area contributed by atoms with Crippen LogP contribution in [0, 0.1) is 0 Å². The lowest BCUT2D eigenvalue weighted by Gasteiger charge is -2.16. The van der Waals surface area contributed by atoms with Crippen molar-refractivity contribution in [1.82, 2.24) is 14.8 Å². The van der Waals surface area contributed by atoms with Gasteiger partial charge in [-0.3, -0.25) is 4.79 Å². The SMILES string of the molecule is CCn1c(SCC(=O)Nc2ccc(Cl)cc2Cl)nnc1C(C)Oc1ccc(C(C)C)cc1. The molecule has 1 unspecified atom stereocenters. The van der Waals surface area contributed by atoms with Crippen molar-refractivity contribution in [2.45, 2.75) is 51.4 Å². The van der Waals surface area contributed by atoms with Crippen molar-refractivity contribution in [2.24, 2.45) is 0 Å². The van der Waals surface area contributed by atoms with Crippen molar-refractivity contribution in [3.63, 3.8) is 0 Å². The Labute approximate surface area is 202 Å². The molecule has 2 aromatic carbocycles. The Kier molecular flexibility index (Phi) is 8.45. The Hall–Kier alpha value is -2.22. The van der Waals surface area contributed by atoms with Gasteiger partial charge in [-0.15, -0.1) is 10.2 Å². The van der Waals surface area contributed by atoms with E-state index in [-0.39, 0.29) is 17.8 Å². The number of hydrogen-bond acceptors (Lipinski definition) is 5. The maximum atomic E-state index is 12.4. The van der Waals surface area contributed by atoms with Crippen molar-refractivity contribution in [3.8, 4) is 5.75 Å². The summed E-state index contributed by atoms with van der Waals surface area (Å²) in [6.07, 6.45) is -0.289. The van der Waals surface area contributed by atoms with Crippen LogP contribution in [-0.4, -0.2) is 26.4 Å². The van der Waals surface area contributed by atoms with E-state index in [9.17, 15) is 4.79 Å². The van der Waals surface area contributed by atoms with Crippen LogP contribution in [0.5, 0.6) is 5.75 Å². The number of anilines is 1. The average molecular weight is 493 g/mol. The van der Waals surface area contributed by atoms with Crippen LogP contribution in [-0.2, 0) is 11.3 Å². The lowest BCUT2D eigenvalue weighted by molar-refractivity contribution is -0.113. The Balaban J connectivity index is 1.62. The summed E-state index contributed by atoms with van der Waals surface area (Å²) in [5.41, 5.74) is 1.78. The van der Waals surface area contributed by atoms with E-state index in [0.29, 0.717) is 39.2 Å². The molecule has 1 amide bonds. The number of ether oxygens (including phenoxy) is 1. The molecule has 9 heteroatoms. The van der Waals surface area contributed by atoms with Gasteiger partial charge in [-0.1, -0.05) is 60.9 Å². The second-order valence-electron chi connectivity index (χ2n) is 7.53. The highest BCUT2D eigenvalue weighted by atomic mass is 35.5. The van der Waals surface area contributed by atoms with E-state index in [1.54, 1.807) is 18.2 Å². The van der Waals surface area contributed by atoms with E-state index in [1.807, 2.05) is 30.5 Å². The van der Waals surface area contributed by atoms with Crippen LogP contribution in [0.2, 0.25) is 10.0 Å². The summed E-state index contributed by atoms with van der Waals surface area (Å²) in [5.74, 6) is 1.94. The third kappa shape index (κ3) is 6.18. The van der Waals surface area contributed by atoms with Crippen molar-refractivity contribution >= 4 is 46.6 Å². The number of halogens is 2. The van der Waals surface area contributed by atoms with Gasteiger partial charge in [-0.25, -0.2) is 0 Å². The number of hydrogen-bond donors (Lipinski definition) is 1. The smallest absolute Gasteiger partial charge is 0.234 e. The Bertz CT molecular complexity index is 1070. The molecule has 3 rings (SSSR count). The summed E-state index contributed by atoms with van der Waals surface area (Å²) < 4.78 is 8.04. The summed E-state index contributed by atoms with van der Waals surface area (Å²) in [4.78, 5) is 12.4. The summed E-state index contributed by atoms with van der Waals surface area (Å²) in [6, 6.07) is 13.0. The third-order valence-electron chi connectivity index (χ3n) is 4.82. The number of rotatable bonds is 9. The van der Waals surface area contributed by atoms with Crippen molar-refractivity contribution in [1.29, 1.82) is 0 Å². The molecule has 1 N–H and O–H groups in total. The first-order chi connectivity index (χ1) is 15.3. The molecule has 0 aliphatic heterocycles. The van der Waals surface area contributed by atoms with Crippen LogP contribution in [0.4, 0.5) is 5.69 Å². The minimum absolute atomic E-state index is 0.170. The van der Waals surface area contributed by atoms with Gasteiger partial charge in [0.15, 0.2) is 17.1 Å². The van der Waals surface area contributed by atoms with Crippen molar-refractivity contribution < 1.29 is 9.53 Å². The highest BCUT2D eigenvalue weighted by Gasteiger charge is 2.20. The predicted molar refractivity (Wildman–Crippen MR) is 131 cm³/mol. The highest BCUT2D eigenvalue weighted by molar-refractivity contribution is 7.99. The third-order valence-corrected chi connectivity index (χ3v) is 6.34. The lowest BCUT2D eigenvalue weighted by Crippen LogP contribution is -2.15. The van der Waals surface area contributed by atoms with Gasteiger partial charge in [-0.2, -0.15) is 0 Å². The maximum Gasteiger partial charge on any atom is 0.234 e. The van der Waals surface area contributed by atoms with Crippen LogP contribution >= 0.6 is 35.0 Å². The van der Waals surface area contributed by atoms with E-state index >= 15 is 0 Å².